The Hall–Kier alpha value is -1.51. The summed E-state index contributed by atoms with van der Waals surface area (Å²) in [6.07, 6.45) is 17.2. The number of unbranched alkanes of at least 4 members (excludes halogenated alkanes) is 8. The molecule has 0 aromatic carbocycles. The number of carbonyl (C=O) groups is 1. The Balaban J connectivity index is 1.86. The minimum atomic E-state index is -0.0683. The Bertz CT molecular complexity index is 445. The quantitative estimate of drug-likeness (QED) is 0.228. The van der Waals surface area contributed by atoms with Gasteiger partial charge in [-0.05, 0) is 31.7 Å². The van der Waals surface area contributed by atoms with Gasteiger partial charge < -0.3 is 9.15 Å². The monoisotopic (exact) mass is 320 g/mol. The zero-order valence-electron chi connectivity index (χ0n) is 14.8. The van der Waals surface area contributed by atoms with Crippen molar-refractivity contribution in [1.29, 1.82) is 0 Å². The van der Waals surface area contributed by atoms with Gasteiger partial charge in [0.05, 0.1) is 6.61 Å². The Morgan fingerprint density at radius 1 is 1.00 bits per heavy atom. The Morgan fingerprint density at radius 2 is 1.65 bits per heavy atom. The number of ether oxygens (including phenoxy) is 1. The van der Waals surface area contributed by atoms with Gasteiger partial charge in [0.2, 0.25) is 0 Å². The molecule has 3 nitrogen and oxygen atoms in total. The zero-order valence-corrected chi connectivity index (χ0v) is 14.8. The van der Waals surface area contributed by atoms with Crippen LogP contribution in [0.2, 0.25) is 0 Å². The summed E-state index contributed by atoms with van der Waals surface area (Å²) in [7, 11) is 0. The summed E-state index contributed by atoms with van der Waals surface area (Å²) in [6, 6.07) is 3.38. The average Bonchev–Trinajstić information content (AvgIpc) is 3.01. The Kier molecular flexibility index (Phi) is 11.0. The van der Waals surface area contributed by atoms with Crippen molar-refractivity contribution in [3.8, 4) is 5.95 Å². The molecule has 0 unspecified atom stereocenters. The van der Waals surface area contributed by atoms with E-state index in [0.717, 1.165) is 12.8 Å². The molecule has 0 atom stereocenters. The Morgan fingerprint density at radius 3 is 2.26 bits per heavy atom. The highest BCUT2D eigenvalue weighted by Gasteiger charge is 2.06. The number of hydrogen-bond donors (Lipinski definition) is 0. The number of furan rings is 1. The van der Waals surface area contributed by atoms with Gasteiger partial charge in [0.15, 0.2) is 11.5 Å². The molecular weight excluding hydrogens is 288 g/mol. The third-order valence-corrected chi connectivity index (χ3v) is 3.84. The fraction of sp³-hybridized carbons (Fsp3) is 0.650. The number of carbonyl (C=O) groups excluding carboxylic acids is 1. The van der Waals surface area contributed by atoms with Crippen molar-refractivity contribution < 1.29 is 13.9 Å². The van der Waals surface area contributed by atoms with Crippen LogP contribution in [0.3, 0.4) is 0 Å². The van der Waals surface area contributed by atoms with Crippen LogP contribution < -0.4 is 4.74 Å². The van der Waals surface area contributed by atoms with Crippen molar-refractivity contribution >= 4 is 5.78 Å². The fourth-order valence-corrected chi connectivity index (χ4v) is 2.47. The molecular formula is C20H32O3. The molecule has 23 heavy (non-hydrogen) atoms. The van der Waals surface area contributed by atoms with Crippen LogP contribution in [-0.4, -0.2) is 12.4 Å². The van der Waals surface area contributed by atoms with E-state index in [1.54, 1.807) is 12.1 Å². The summed E-state index contributed by atoms with van der Waals surface area (Å²) in [6.45, 7) is 4.33. The van der Waals surface area contributed by atoms with E-state index >= 15 is 0 Å². The summed E-state index contributed by atoms with van der Waals surface area (Å²) in [4.78, 5) is 11.1. The third-order valence-electron chi connectivity index (χ3n) is 3.84. The molecule has 0 saturated heterocycles. The van der Waals surface area contributed by atoms with Crippen LogP contribution in [-0.2, 0) is 0 Å². The predicted octanol–water partition coefficient (Wildman–Crippen LogP) is 6.34. The number of hydrogen-bond acceptors (Lipinski definition) is 3. The summed E-state index contributed by atoms with van der Waals surface area (Å²) in [5, 5.41) is 0. The van der Waals surface area contributed by atoms with Gasteiger partial charge in [0.25, 0.3) is 5.95 Å². The SMILES string of the molecule is CC/C=C/CCCCCCCCCCOc1ccc(C(C)=O)o1. The second-order valence-corrected chi connectivity index (χ2v) is 6.02. The van der Waals surface area contributed by atoms with Crippen LogP contribution in [0.15, 0.2) is 28.7 Å². The van der Waals surface area contributed by atoms with Crippen molar-refractivity contribution in [2.24, 2.45) is 0 Å². The van der Waals surface area contributed by atoms with Gasteiger partial charge >= 0.3 is 0 Å². The first-order chi connectivity index (χ1) is 11.2. The molecule has 0 aliphatic rings. The number of Topliss-reactive ketones (excluding diaryl/α,β-unsaturated/α-hetero) is 1. The minimum Gasteiger partial charge on any atom is -0.465 e. The number of allylic oxidation sites excluding steroid dienone is 2. The van der Waals surface area contributed by atoms with Gasteiger partial charge in [-0.1, -0.05) is 57.6 Å². The van der Waals surface area contributed by atoms with E-state index in [2.05, 4.69) is 19.1 Å². The molecule has 0 radical (unpaired) electrons. The van der Waals surface area contributed by atoms with Gasteiger partial charge in [0.1, 0.15) is 0 Å². The van der Waals surface area contributed by atoms with Crippen LogP contribution >= 0.6 is 0 Å². The molecule has 3 heteroatoms. The second-order valence-electron chi connectivity index (χ2n) is 6.02. The lowest BCUT2D eigenvalue weighted by molar-refractivity contribution is 0.0978. The van der Waals surface area contributed by atoms with E-state index < -0.39 is 0 Å². The molecule has 130 valence electrons. The lowest BCUT2D eigenvalue weighted by atomic mass is 10.1. The normalized spacial score (nSPS) is 11.2. The molecule has 0 bridgehead atoms. The van der Waals surface area contributed by atoms with Crippen LogP contribution in [0.4, 0.5) is 0 Å². The lowest BCUT2D eigenvalue weighted by Gasteiger charge is -2.03. The zero-order chi connectivity index (χ0) is 16.8. The molecule has 0 aliphatic carbocycles. The molecule has 0 saturated carbocycles. The molecule has 1 aromatic heterocycles. The first-order valence-electron chi connectivity index (χ1n) is 9.12. The Labute approximate surface area is 141 Å². The summed E-state index contributed by atoms with van der Waals surface area (Å²) >= 11 is 0. The molecule has 1 rings (SSSR count). The maximum Gasteiger partial charge on any atom is 0.284 e. The van der Waals surface area contributed by atoms with E-state index in [0.29, 0.717) is 18.3 Å². The maximum absolute atomic E-state index is 11.1. The van der Waals surface area contributed by atoms with Crippen molar-refractivity contribution in [2.75, 3.05) is 6.61 Å². The highest BCUT2D eigenvalue weighted by molar-refractivity contribution is 5.91. The van der Waals surface area contributed by atoms with Gasteiger partial charge in [0, 0.05) is 13.0 Å². The van der Waals surface area contributed by atoms with Crippen LogP contribution in [0, 0.1) is 0 Å². The molecule has 0 aliphatic heterocycles. The van der Waals surface area contributed by atoms with E-state index in [4.69, 9.17) is 9.15 Å². The smallest absolute Gasteiger partial charge is 0.284 e. The van der Waals surface area contributed by atoms with Gasteiger partial charge in [-0.3, -0.25) is 4.79 Å². The van der Waals surface area contributed by atoms with Gasteiger partial charge in [-0.25, -0.2) is 0 Å². The molecule has 1 heterocycles. The van der Waals surface area contributed by atoms with E-state index in [1.165, 1.54) is 58.3 Å². The van der Waals surface area contributed by atoms with Crippen LogP contribution in [0.5, 0.6) is 5.95 Å². The molecule has 0 spiro atoms. The van der Waals surface area contributed by atoms with E-state index in [-0.39, 0.29) is 5.78 Å². The van der Waals surface area contributed by atoms with Crippen LogP contribution in [0.25, 0.3) is 0 Å². The molecule has 0 N–H and O–H groups in total. The molecule has 0 amide bonds. The summed E-state index contributed by atoms with van der Waals surface area (Å²) in [5.41, 5.74) is 0. The van der Waals surface area contributed by atoms with Crippen molar-refractivity contribution in [3.63, 3.8) is 0 Å². The second kappa shape index (κ2) is 13.0. The standard InChI is InChI=1S/C20H32O3/c1-3-4-5-6-7-8-9-10-11-12-13-14-17-22-20-16-15-19(23-20)18(2)21/h4-5,15-16H,3,6-14,17H2,1-2H3/b5-4+. The van der Waals surface area contributed by atoms with Crippen molar-refractivity contribution in [1.82, 2.24) is 0 Å². The molecule has 0 fully saturated rings. The number of ketones is 1. The molecule has 1 aromatic rings. The highest BCUT2D eigenvalue weighted by Crippen LogP contribution is 2.17. The third kappa shape index (κ3) is 9.98. The number of rotatable bonds is 14. The minimum absolute atomic E-state index is 0.0683. The summed E-state index contributed by atoms with van der Waals surface area (Å²) < 4.78 is 10.8. The maximum atomic E-state index is 11.1. The van der Waals surface area contributed by atoms with Crippen molar-refractivity contribution in [2.45, 2.75) is 78.1 Å². The van der Waals surface area contributed by atoms with Crippen molar-refractivity contribution in [3.05, 3.63) is 30.0 Å². The first kappa shape index (κ1) is 19.5. The average molecular weight is 320 g/mol. The van der Waals surface area contributed by atoms with E-state index in [9.17, 15) is 4.79 Å². The predicted molar refractivity (Wildman–Crippen MR) is 95.2 cm³/mol. The highest BCUT2D eigenvalue weighted by atomic mass is 16.6. The largest absolute Gasteiger partial charge is 0.465 e. The summed E-state index contributed by atoms with van der Waals surface area (Å²) in [5.74, 6) is 0.749. The fourth-order valence-electron chi connectivity index (χ4n) is 2.47. The van der Waals surface area contributed by atoms with E-state index in [1.807, 2.05) is 0 Å². The topological polar surface area (TPSA) is 39.4 Å². The first-order valence-corrected chi connectivity index (χ1v) is 9.12. The van der Waals surface area contributed by atoms with Crippen LogP contribution in [0.1, 0.15) is 88.6 Å². The van der Waals surface area contributed by atoms with Gasteiger partial charge in [-0.15, -0.1) is 0 Å². The lowest BCUT2D eigenvalue weighted by Crippen LogP contribution is -1.96. The van der Waals surface area contributed by atoms with Gasteiger partial charge in [-0.2, -0.15) is 0 Å².